The highest BCUT2D eigenvalue weighted by Crippen LogP contribution is 2.35. The minimum atomic E-state index is -4.79. The molecule has 0 aliphatic heterocycles. The predicted octanol–water partition coefficient (Wildman–Crippen LogP) is 5.21. The van der Waals surface area contributed by atoms with Crippen LogP contribution >= 0.6 is 0 Å². The van der Waals surface area contributed by atoms with E-state index < -0.39 is 23.5 Å². The number of amides is 1. The normalized spacial score (nSPS) is 12.0. The lowest BCUT2D eigenvalue weighted by molar-refractivity contribution is -0.140. The highest BCUT2D eigenvalue weighted by molar-refractivity contribution is 6.17. The number of carbonyl (C=O) groups is 1. The number of aryl methyl sites for hydroxylation is 1. The van der Waals surface area contributed by atoms with E-state index in [0.717, 1.165) is 5.56 Å². The Kier molecular flexibility index (Phi) is 4.33. The van der Waals surface area contributed by atoms with Crippen molar-refractivity contribution < 1.29 is 22.4 Å². The number of alkyl halides is 3. The maximum atomic E-state index is 14.6. The van der Waals surface area contributed by atoms with E-state index in [1.165, 1.54) is 12.1 Å². The zero-order valence-corrected chi connectivity index (χ0v) is 15.3. The van der Waals surface area contributed by atoms with E-state index in [1.54, 1.807) is 28.8 Å². The van der Waals surface area contributed by atoms with E-state index in [-0.39, 0.29) is 17.7 Å². The van der Waals surface area contributed by atoms with Gasteiger partial charge in [-0.2, -0.15) is 13.2 Å². The van der Waals surface area contributed by atoms with Crippen molar-refractivity contribution >= 4 is 27.7 Å². The van der Waals surface area contributed by atoms with Crippen molar-refractivity contribution in [3.8, 4) is 0 Å². The minimum Gasteiger partial charge on any atom is -0.366 e. The first kappa shape index (κ1) is 19.0. The molecule has 3 nitrogen and oxygen atoms in total. The molecule has 3 aromatic carbocycles. The molecule has 1 aromatic heterocycles. The second-order valence-corrected chi connectivity index (χ2v) is 6.86. The quantitative estimate of drug-likeness (QED) is 0.473. The van der Waals surface area contributed by atoms with Crippen LogP contribution < -0.4 is 5.73 Å². The highest BCUT2D eigenvalue weighted by atomic mass is 19.4. The van der Waals surface area contributed by atoms with Crippen LogP contribution in [-0.4, -0.2) is 10.5 Å². The Morgan fingerprint density at radius 1 is 1.14 bits per heavy atom. The van der Waals surface area contributed by atoms with Gasteiger partial charge in [-0.05, 0) is 42.8 Å². The van der Waals surface area contributed by atoms with Crippen molar-refractivity contribution in [2.75, 3.05) is 0 Å². The SMILES string of the molecule is Cc1c[c]c2c3c(C(N)=O)cccc3n(Cc3cccc(C(F)(F)F)c3F)c2c1. The van der Waals surface area contributed by atoms with E-state index >= 15 is 0 Å². The fourth-order valence-corrected chi connectivity index (χ4v) is 3.63. The molecule has 2 N–H and O–H groups in total. The molecule has 4 rings (SSSR count). The summed E-state index contributed by atoms with van der Waals surface area (Å²) in [6.07, 6.45) is -4.79. The summed E-state index contributed by atoms with van der Waals surface area (Å²) in [4.78, 5) is 11.9. The minimum absolute atomic E-state index is 0.107. The second-order valence-electron chi connectivity index (χ2n) is 6.86. The molecule has 1 heterocycles. The van der Waals surface area contributed by atoms with Gasteiger partial charge >= 0.3 is 6.18 Å². The van der Waals surface area contributed by atoms with Gasteiger partial charge in [0, 0.05) is 21.9 Å². The summed E-state index contributed by atoms with van der Waals surface area (Å²) < 4.78 is 55.6. The molecule has 7 heteroatoms. The van der Waals surface area contributed by atoms with E-state index in [4.69, 9.17) is 5.73 Å². The molecule has 0 aliphatic carbocycles. The maximum Gasteiger partial charge on any atom is 0.419 e. The summed E-state index contributed by atoms with van der Waals surface area (Å²) in [5, 5.41) is 1.15. The van der Waals surface area contributed by atoms with Gasteiger partial charge in [-0.1, -0.05) is 24.3 Å². The van der Waals surface area contributed by atoms with Crippen molar-refractivity contribution in [2.45, 2.75) is 19.6 Å². The zero-order chi connectivity index (χ0) is 20.9. The lowest BCUT2D eigenvalue weighted by Gasteiger charge is -2.13. The van der Waals surface area contributed by atoms with Crippen molar-refractivity contribution in [2.24, 2.45) is 5.73 Å². The number of primary amides is 1. The van der Waals surface area contributed by atoms with Crippen LogP contribution in [0.15, 0.2) is 48.5 Å². The average molecular weight is 399 g/mol. The van der Waals surface area contributed by atoms with Crippen LogP contribution in [0, 0.1) is 18.8 Å². The molecule has 0 saturated heterocycles. The number of hydrogen-bond donors (Lipinski definition) is 1. The monoisotopic (exact) mass is 399 g/mol. The van der Waals surface area contributed by atoms with Gasteiger partial charge in [0.05, 0.1) is 23.1 Å². The summed E-state index contributed by atoms with van der Waals surface area (Å²) in [5.74, 6) is -1.94. The van der Waals surface area contributed by atoms with Gasteiger partial charge < -0.3 is 10.3 Å². The first-order valence-electron chi connectivity index (χ1n) is 8.76. The first-order valence-corrected chi connectivity index (χ1v) is 8.76. The Morgan fingerprint density at radius 3 is 2.55 bits per heavy atom. The van der Waals surface area contributed by atoms with E-state index in [2.05, 4.69) is 6.07 Å². The summed E-state index contributed by atoms with van der Waals surface area (Å²) >= 11 is 0. The molecule has 0 spiro atoms. The standard InChI is InChI=1S/C22H15F4N2O/c1-12-8-9-14-18(10-12)28(17-7-3-5-15(19(14)17)21(27)29)11-13-4-2-6-16(20(13)23)22(24,25)26/h2-8,10H,11H2,1H3,(H2,27,29). The number of fused-ring (bicyclic) bond motifs is 3. The Hall–Kier alpha value is -3.35. The molecule has 0 atom stereocenters. The first-order chi connectivity index (χ1) is 13.7. The number of rotatable bonds is 3. The van der Waals surface area contributed by atoms with Crippen LogP contribution in [0.4, 0.5) is 17.6 Å². The molecule has 0 bridgehead atoms. The van der Waals surface area contributed by atoms with E-state index in [1.807, 2.05) is 13.0 Å². The number of carbonyl (C=O) groups excluding carboxylic acids is 1. The molecule has 0 aliphatic rings. The van der Waals surface area contributed by atoms with Gasteiger partial charge in [0.2, 0.25) is 5.91 Å². The van der Waals surface area contributed by atoms with Crippen LogP contribution in [-0.2, 0) is 12.7 Å². The molecule has 4 aromatic rings. The largest absolute Gasteiger partial charge is 0.419 e. The Bertz CT molecular complexity index is 1270. The second kappa shape index (κ2) is 6.62. The maximum absolute atomic E-state index is 14.6. The van der Waals surface area contributed by atoms with Crippen molar-refractivity contribution in [3.05, 3.63) is 82.7 Å². The topological polar surface area (TPSA) is 48.0 Å². The van der Waals surface area contributed by atoms with Gasteiger partial charge in [-0.25, -0.2) is 4.39 Å². The van der Waals surface area contributed by atoms with Gasteiger partial charge in [0.1, 0.15) is 5.82 Å². The predicted molar refractivity (Wildman–Crippen MR) is 102 cm³/mol. The highest BCUT2D eigenvalue weighted by Gasteiger charge is 2.34. The molecular formula is C22H15F4N2O. The third-order valence-electron chi connectivity index (χ3n) is 4.92. The fourth-order valence-electron chi connectivity index (χ4n) is 3.63. The van der Waals surface area contributed by atoms with Crippen molar-refractivity contribution in [3.63, 3.8) is 0 Å². The van der Waals surface area contributed by atoms with Gasteiger partial charge in [-0.3, -0.25) is 4.79 Å². The van der Waals surface area contributed by atoms with Gasteiger partial charge in [0.25, 0.3) is 0 Å². The third kappa shape index (κ3) is 3.12. The number of halogens is 4. The van der Waals surface area contributed by atoms with Crippen LogP contribution in [0.25, 0.3) is 21.8 Å². The van der Waals surface area contributed by atoms with Crippen LogP contribution in [0.3, 0.4) is 0 Å². The Balaban J connectivity index is 2.01. The van der Waals surface area contributed by atoms with Crippen LogP contribution in [0.5, 0.6) is 0 Å². The van der Waals surface area contributed by atoms with Crippen LogP contribution in [0.2, 0.25) is 0 Å². The molecule has 1 radical (unpaired) electrons. The Morgan fingerprint density at radius 2 is 1.86 bits per heavy atom. The van der Waals surface area contributed by atoms with E-state index in [0.29, 0.717) is 27.9 Å². The molecule has 0 unspecified atom stereocenters. The summed E-state index contributed by atoms with van der Waals surface area (Å²) in [7, 11) is 0. The fraction of sp³-hybridized carbons (Fsp3) is 0.136. The van der Waals surface area contributed by atoms with Gasteiger partial charge in [-0.15, -0.1) is 0 Å². The zero-order valence-electron chi connectivity index (χ0n) is 15.3. The lowest BCUT2D eigenvalue weighted by atomic mass is 10.1. The lowest BCUT2D eigenvalue weighted by Crippen LogP contribution is -2.12. The molecule has 0 fully saturated rings. The number of benzene rings is 3. The molecular weight excluding hydrogens is 384 g/mol. The Labute approximate surface area is 163 Å². The number of hydrogen-bond acceptors (Lipinski definition) is 1. The number of nitrogens with zero attached hydrogens (tertiary/aromatic N) is 1. The average Bonchev–Trinajstić information content (AvgIpc) is 2.95. The summed E-state index contributed by atoms with van der Waals surface area (Å²) in [6.45, 7) is 1.70. The van der Waals surface area contributed by atoms with Crippen LogP contribution in [0.1, 0.15) is 27.0 Å². The molecule has 147 valence electrons. The summed E-state index contributed by atoms with van der Waals surface area (Å²) in [6, 6.07) is 14.8. The van der Waals surface area contributed by atoms with Crippen molar-refractivity contribution in [1.29, 1.82) is 0 Å². The molecule has 1 amide bonds. The number of nitrogens with two attached hydrogens (primary N) is 1. The summed E-state index contributed by atoms with van der Waals surface area (Å²) in [5.41, 5.74) is 6.43. The van der Waals surface area contributed by atoms with Crippen molar-refractivity contribution in [1.82, 2.24) is 4.57 Å². The number of aromatic nitrogens is 1. The van der Waals surface area contributed by atoms with E-state index in [9.17, 15) is 22.4 Å². The molecule has 0 saturated carbocycles. The third-order valence-corrected chi connectivity index (χ3v) is 4.92. The smallest absolute Gasteiger partial charge is 0.366 e. The van der Waals surface area contributed by atoms with Gasteiger partial charge in [0.15, 0.2) is 0 Å². The molecule has 29 heavy (non-hydrogen) atoms.